The maximum atomic E-state index is 11.7. The summed E-state index contributed by atoms with van der Waals surface area (Å²) in [4.78, 5) is 15.2. The van der Waals surface area contributed by atoms with E-state index in [0.29, 0.717) is 17.6 Å². The molecule has 1 aliphatic rings. The Labute approximate surface area is 125 Å². The molecule has 4 nitrogen and oxygen atoms in total. The van der Waals surface area contributed by atoms with Crippen LogP contribution in [-0.2, 0) is 11.3 Å². The van der Waals surface area contributed by atoms with Crippen LogP contribution in [0.25, 0.3) is 0 Å². The lowest BCUT2D eigenvalue weighted by molar-refractivity contribution is -0.127. The van der Waals surface area contributed by atoms with Gasteiger partial charge in [0.05, 0.1) is 17.3 Å². The lowest BCUT2D eigenvalue weighted by Crippen LogP contribution is -2.34. The number of hydrogen-bond acceptors (Lipinski definition) is 3. The molecule has 1 saturated carbocycles. The minimum atomic E-state index is 0.0584. The van der Waals surface area contributed by atoms with E-state index < -0.39 is 0 Å². The van der Waals surface area contributed by atoms with E-state index in [4.69, 9.17) is 11.6 Å². The minimum Gasteiger partial charge on any atom is -0.364 e. The standard InChI is InChI=1S/C15H22ClN3O/c1-18(2)15(20)10-19(3)14-7-4-11(8-13(14)16)9-17-12-5-6-12/h4,7-8,12,17H,5-6,9-10H2,1-3H3. The molecule has 0 bridgehead atoms. The molecule has 1 N–H and O–H groups in total. The fourth-order valence-corrected chi connectivity index (χ4v) is 2.30. The predicted molar refractivity (Wildman–Crippen MR) is 83.3 cm³/mol. The summed E-state index contributed by atoms with van der Waals surface area (Å²) in [7, 11) is 5.39. The average Bonchev–Trinajstić information content (AvgIpc) is 3.20. The molecular weight excluding hydrogens is 274 g/mol. The second-order valence-corrected chi connectivity index (χ2v) is 5.99. The van der Waals surface area contributed by atoms with Crippen LogP contribution in [-0.4, -0.2) is 44.5 Å². The van der Waals surface area contributed by atoms with E-state index in [2.05, 4.69) is 11.4 Å². The number of amides is 1. The lowest BCUT2D eigenvalue weighted by Gasteiger charge is -2.22. The van der Waals surface area contributed by atoms with Crippen LogP contribution in [0, 0.1) is 0 Å². The molecule has 0 unspecified atom stereocenters. The highest BCUT2D eigenvalue weighted by molar-refractivity contribution is 6.33. The number of benzene rings is 1. The van der Waals surface area contributed by atoms with Crippen LogP contribution in [0.5, 0.6) is 0 Å². The molecule has 0 heterocycles. The predicted octanol–water partition coefficient (Wildman–Crippen LogP) is 2.12. The zero-order valence-corrected chi connectivity index (χ0v) is 13.1. The third-order valence-electron chi connectivity index (χ3n) is 3.47. The van der Waals surface area contributed by atoms with Crippen molar-refractivity contribution < 1.29 is 4.79 Å². The van der Waals surface area contributed by atoms with E-state index >= 15 is 0 Å². The third kappa shape index (κ3) is 4.12. The fraction of sp³-hybridized carbons (Fsp3) is 0.533. The summed E-state index contributed by atoms with van der Waals surface area (Å²) in [6.45, 7) is 1.18. The number of likely N-dealkylation sites (N-methyl/N-ethyl adjacent to an activating group) is 2. The average molecular weight is 296 g/mol. The van der Waals surface area contributed by atoms with Crippen molar-refractivity contribution in [1.82, 2.24) is 10.2 Å². The molecule has 0 saturated heterocycles. The van der Waals surface area contributed by atoms with Gasteiger partial charge in [-0.2, -0.15) is 0 Å². The van der Waals surface area contributed by atoms with Gasteiger partial charge in [-0.3, -0.25) is 4.79 Å². The van der Waals surface area contributed by atoms with Crippen molar-refractivity contribution in [3.05, 3.63) is 28.8 Å². The van der Waals surface area contributed by atoms with Crippen molar-refractivity contribution in [2.24, 2.45) is 0 Å². The molecule has 1 aliphatic carbocycles. The molecule has 0 radical (unpaired) electrons. The summed E-state index contributed by atoms with van der Waals surface area (Å²) in [5.41, 5.74) is 2.06. The molecule has 1 fully saturated rings. The van der Waals surface area contributed by atoms with E-state index in [9.17, 15) is 4.79 Å². The number of anilines is 1. The number of rotatable bonds is 6. The molecular formula is C15H22ClN3O. The van der Waals surface area contributed by atoms with Crippen molar-refractivity contribution in [3.63, 3.8) is 0 Å². The molecule has 0 aliphatic heterocycles. The Morgan fingerprint density at radius 1 is 1.35 bits per heavy atom. The molecule has 1 aromatic rings. The number of nitrogens with one attached hydrogen (secondary N) is 1. The third-order valence-corrected chi connectivity index (χ3v) is 3.77. The van der Waals surface area contributed by atoms with E-state index in [0.717, 1.165) is 12.2 Å². The first-order valence-electron chi connectivity index (χ1n) is 6.90. The minimum absolute atomic E-state index is 0.0584. The van der Waals surface area contributed by atoms with Crippen molar-refractivity contribution >= 4 is 23.2 Å². The second kappa shape index (κ2) is 6.46. The Bertz CT molecular complexity index is 486. The summed E-state index contributed by atoms with van der Waals surface area (Å²) in [5, 5.41) is 4.15. The second-order valence-electron chi connectivity index (χ2n) is 5.59. The van der Waals surface area contributed by atoms with Crippen molar-refractivity contribution in [3.8, 4) is 0 Å². The Kier molecular flexibility index (Phi) is 4.89. The molecule has 1 aromatic carbocycles. The van der Waals surface area contributed by atoms with Crippen molar-refractivity contribution in [1.29, 1.82) is 0 Å². The van der Waals surface area contributed by atoms with Crippen LogP contribution in [0.4, 0.5) is 5.69 Å². The number of nitrogens with zero attached hydrogens (tertiary/aromatic N) is 2. The quantitative estimate of drug-likeness (QED) is 0.873. The summed E-state index contributed by atoms with van der Waals surface area (Å²) in [5.74, 6) is 0.0584. The Morgan fingerprint density at radius 3 is 2.60 bits per heavy atom. The summed E-state index contributed by atoms with van der Waals surface area (Å²) >= 11 is 6.32. The largest absolute Gasteiger partial charge is 0.364 e. The Hall–Kier alpha value is -1.26. The highest BCUT2D eigenvalue weighted by atomic mass is 35.5. The van der Waals surface area contributed by atoms with Gasteiger partial charge < -0.3 is 15.1 Å². The van der Waals surface area contributed by atoms with Crippen LogP contribution < -0.4 is 10.2 Å². The van der Waals surface area contributed by atoms with E-state index in [1.54, 1.807) is 19.0 Å². The summed E-state index contributed by atoms with van der Waals surface area (Å²) < 4.78 is 0. The molecule has 0 aromatic heterocycles. The Balaban J connectivity index is 1.98. The van der Waals surface area contributed by atoms with Gasteiger partial charge in [-0.25, -0.2) is 0 Å². The van der Waals surface area contributed by atoms with Crippen LogP contribution in [0.3, 0.4) is 0 Å². The molecule has 0 spiro atoms. The molecule has 2 rings (SSSR count). The van der Waals surface area contributed by atoms with Crippen LogP contribution in [0.2, 0.25) is 5.02 Å². The summed E-state index contributed by atoms with van der Waals surface area (Å²) in [6, 6.07) is 6.71. The number of hydrogen-bond donors (Lipinski definition) is 1. The topological polar surface area (TPSA) is 35.6 Å². The smallest absolute Gasteiger partial charge is 0.241 e. The lowest BCUT2D eigenvalue weighted by atomic mass is 10.2. The highest BCUT2D eigenvalue weighted by Crippen LogP contribution is 2.26. The zero-order valence-electron chi connectivity index (χ0n) is 12.3. The highest BCUT2D eigenvalue weighted by Gasteiger charge is 2.20. The van der Waals surface area contributed by atoms with Crippen LogP contribution in [0.15, 0.2) is 18.2 Å². The molecule has 1 amide bonds. The van der Waals surface area contributed by atoms with Crippen molar-refractivity contribution in [2.45, 2.75) is 25.4 Å². The first-order valence-corrected chi connectivity index (χ1v) is 7.28. The monoisotopic (exact) mass is 295 g/mol. The van der Waals surface area contributed by atoms with Gasteiger partial charge in [-0.05, 0) is 30.5 Å². The van der Waals surface area contributed by atoms with Gasteiger partial charge >= 0.3 is 0 Å². The Morgan fingerprint density at radius 2 is 2.05 bits per heavy atom. The maximum absolute atomic E-state index is 11.7. The summed E-state index contributed by atoms with van der Waals surface area (Å²) in [6.07, 6.45) is 2.56. The van der Waals surface area contributed by atoms with Gasteiger partial charge in [-0.1, -0.05) is 17.7 Å². The van der Waals surface area contributed by atoms with E-state index in [1.807, 2.05) is 24.1 Å². The van der Waals surface area contributed by atoms with E-state index in [-0.39, 0.29) is 5.91 Å². The van der Waals surface area contributed by atoms with Crippen LogP contribution in [0.1, 0.15) is 18.4 Å². The molecule has 0 atom stereocenters. The van der Waals surface area contributed by atoms with Gasteiger partial charge in [-0.15, -0.1) is 0 Å². The van der Waals surface area contributed by atoms with Gasteiger partial charge in [0.1, 0.15) is 0 Å². The first kappa shape index (κ1) is 15.1. The van der Waals surface area contributed by atoms with Gasteiger partial charge in [0.25, 0.3) is 0 Å². The number of carbonyl (C=O) groups excluding carboxylic acids is 1. The molecule has 110 valence electrons. The van der Waals surface area contributed by atoms with Crippen molar-refractivity contribution in [2.75, 3.05) is 32.6 Å². The first-order chi connectivity index (χ1) is 9.47. The van der Waals surface area contributed by atoms with Crippen LogP contribution >= 0.6 is 11.6 Å². The molecule has 5 heteroatoms. The van der Waals surface area contributed by atoms with Gasteiger partial charge in [0.15, 0.2) is 0 Å². The number of carbonyl (C=O) groups is 1. The van der Waals surface area contributed by atoms with Gasteiger partial charge in [0, 0.05) is 33.7 Å². The fourth-order valence-electron chi connectivity index (χ4n) is 1.95. The normalized spacial score (nSPS) is 14.2. The number of halogens is 1. The molecule has 20 heavy (non-hydrogen) atoms. The van der Waals surface area contributed by atoms with E-state index in [1.165, 1.54) is 18.4 Å². The zero-order chi connectivity index (χ0) is 14.7. The SMILES string of the molecule is CN(C)C(=O)CN(C)c1ccc(CNC2CC2)cc1Cl. The maximum Gasteiger partial charge on any atom is 0.241 e. The van der Waals surface area contributed by atoms with Gasteiger partial charge in [0.2, 0.25) is 5.91 Å².